The fourth-order valence-electron chi connectivity index (χ4n) is 6.16. The molecule has 0 atom stereocenters. The molecule has 10 nitrogen and oxygen atoms in total. The number of alkyl halides is 6. The fourth-order valence-corrected chi connectivity index (χ4v) is 6.16. The van der Waals surface area contributed by atoms with E-state index in [-0.39, 0.29) is 28.6 Å². The second kappa shape index (κ2) is 19.0. The zero-order valence-corrected chi connectivity index (χ0v) is 32.8. The monoisotopic (exact) mass is 856 g/mol. The average Bonchev–Trinajstić information content (AvgIpc) is 3.23. The van der Waals surface area contributed by atoms with Crippen LogP contribution in [-0.2, 0) is 9.59 Å². The summed E-state index contributed by atoms with van der Waals surface area (Å²) in [6.45, 7) is 0. The van der Waals surface area contributed by atoms with Crippen LogP contribution in [0.15, 0.2) is 146 Å². The summed E-state index contributed by atoms with van der Waals surface area (Å²) in [7, 11) is 2.92. The smallest absolute Gasteiger partial charge is 0.471 e. The zero-order chi connectivity index (χ0) is 45.4. The highest BCUT2D eigenvalue weighted by atomic mass is 19.4. The Kier molecular flexibility index (Phi) is 13.9. The van der Waals surface area contributed by atoms with Gasteiger partial charge < -0.3 is 41.7 Å². The molecule has 0 aliphatic rings. The third-order valence-corrected chi connectivity index (χ3v) is 9.16. The lowest BCUT2D eigenvalue weighted by molar-refractivity contribution is -0.170. The Balaban J connectivity index is 0.000000159. The number of anilines is 4. The summed E-state index contributed by atoms with van der Waals surface area (Å²) in [5.41, 5.74) is 7.55. The Bertz CT molecular complexity index is 2890. The summed E-state index contributed by atoms with van der Waals surface area (Å²) in [6.07, 6.45) is -9.88. The van der Waals surface area contributed by atoms with Gasteiger partial charge in [0.1, 0.15) is 23.0 Å². The number of halogens is 6. The van der Waals surface area contributed by atoms with E-state index in [0.717, 1.165) is 34.3 Å². The number of phenolic OH excluding ortho intramolecular Hbond substituents is 4. The number of rotatable bonds is 3. The van der Waals surface area contributed by atoms with Crippen LogP contribution in [0.25, 0.3) is 43.1 Å². The topological polar surface area (TPSA) is 168 Å². The van der Waals surface area contributed by atoms with Gasteiger partial charge in [0.2, 0.25) is 0 Å². The molecule has 0 radical (unpaired) electrons. The molecule has 0 aliphatic carbocycles. The van der Waals surface area contributed by atoms with Crippen LogP contribution < -0.4 is 21.3 Å². The number of fused-ring (bicyclic) bond motifs is 4. The molecular weight excluding hydrogens is 819 g/mol. The number of nitrogens with one attached hydrogen (secondary N) is 2. The molecule has 0 aliphatic heterocycles. The summed E-state index contributed by atoms with van der Waals surface area (Å²) in [4.78, 5) is 22.6. The van der Waals surface area contributed by atoms with Crippen molar-refractivity contribution in [2.45, 2.75) is 12.4 Å². The van der Waals surface area contributed by atoms with Crippen LogP contribution in [0.1, 0.15) is 0 Å². The number of hydrogen-bond donors (Lipinski definition) is 7. The number of nitrogens with two attached hydrogens (primary N) is 1. The molecule has 8 aromatic carbocycles. The van der Waals surface area contributed by atoms with Gasteiger partial charge in [0.15, 0.2) is 0 Å². The molecule has 0 aromatic heterocycles. The first-order valence-electron chi connectivity index (χ1n) is 18.3. The number of nitrogen functional groups attached to an aromatic ring is 1. The van der Waals surface area contributed by atoms with E-state index < -0.39 is 24.2 Å². The van der Waals surface area contributed by atoms with Crippen molar-refractivity contribution in [1.82, 2.24) is 0 Å². The highest BCUT2D eigenvalue weighted by Crippen LogP contribution is 2.32. The third-order valence-electron chi connectivity index (χ3n) is 9.16. The lowest BCUT2D eigenvalue weighted by atomic mass is 10.1. The summed E-state index contributed by atoms with van der Waals surface area (Å²) in [5, 5.41) is 48.2. The van der Waals surface area contributed by atoms with E-state index in [1.54, 1.807) is 59.9 Å². The number of phenols is 4. The van der Waals surface area contributed by atoms with Gasteiger partial charge in [-0.1, -0.05) is 72.8 Å². The molecular formula is C46H38F6N4O6. The average molecular weight is 857 g/mol. The minimum Gasteiger partial charge on any atom is -0.508 e. The van der Waals surface area contributed by atoms with E-state index in [9.17, 15) is 56.4 Å². The predicted octanol–water partition coefficient (Wildman–Crippen LogP) is 10.8. The van der Waals surface area contributed by atoms with E-state index in [1.165, 1.54) is 42.5 Å². The van der Waals surface area contributed by atoms with E-state index in [4.69, 9.17) is 5.73 Å². The van der Waals surface area contributed by atoms with Gasteiger partial charge in [-0.3, -0.25) is 9.59 Å². The van der Waals surface area contributed by atoms with Gasteiger partial charge in [-0.2, -0.15) is 26.3 Å². The standard InChI is InChI=1S/C13H10F3NO2.C12H8F3NO2.C11H11NO.C10H9NO/c1-17(12(19)13(14,15)16)11-4-2-3-8-5-6-9(18)7-10(8)11;13-12(14,15)11(18)16-10-3-1-2-7-4-5-8(17)6-9(7)10;1-12-11-4-2-3-8-5-6-9(13)7-10(8)11;11-10-3-1-2-7-4-5-8(12)6-9(7)10/h2-7,18H,1H3;1-6,17H,(H,16,18);2-7,12-13H,1H3;1-6,12H,11H2. The maximum Gasteiger partial charge on any atom is 0.471 e. The maximum absolute atomic E-state index is 12.4. The van der Waals surface area contributed by atoms with Crippen LogP contribution in [0, 0.1) is 0 Å². The molecule has 16 heteroatoms. The molecule has 8 rings (SSSR count). The SMILES string of the molecule is CN(C(=O)C(F)(F)F)c1cccc2ccc(O)cc12.CNc1cccc2ccc(O)cc12.Nc1cccc2ccc(O)cc12.O=C(Nc1cccc2ccc(O)cc12)C(F)(F)F. The van der Waals surface area contributed by atoms with Crippen molar-refractivity contribution in [3.63, 3.8) is 0 Å². The van der Waals surface area contributed by atoms with Crippen LogP contribution in [0.2, 0.25) is 0 Å². The van der Waals surface area contributed by atoms with E-state index >= 15 is 0 Å². The lowest BCUT2D eigenvalue weighted by Crippen LogP contribution is -2.38. The van der Waals surface area contributed by atoms with Gasteiger partial charge in [-0.05, 0) is 94.3 Å². The Hall–Kier alpha value is -7.88. The second-order valence-electron chi connectivity index (χ2n) is 13.4. The molecule has 0 saturated carbocycles. The first-order chi connectivity index (χ1) is 29.3. The molecule has 0 saturated heterocycles. The molecule has 0 unspecified atom stereocenters. The molecule has 0 fully saturated rings. The number of carbonyl (C=O) groups excluding carboxylic acids is 2. The molecule has 62 heavy (non-hydrogen) atoms. The van der Waals surface area contributed by atoms with Gasteiger partial charge in [0.25, 0.3) is 0 Å². The minimum absolute atomic E-state index is 0.00530. The minimum atomic E-state index is -4.95. The number of hydrogen-bond acceptors (Lipinski definition) is 8. The first kappa shape index (κ1) is 45.2. The first-order valence-corrected chi connectivity index (χ1v) is 18.3. The number of aromatic hydroxyl groups is 4. The predicted molar refractivity (Wildman–Crippen MR) is 231 cm³/mol. The zero-order valence-electron chi connectivity index (χ0n) is 32.8. The van der Waals surface area contributed by atoms with Crippen molar-refractivity contribution >= 4 is 77.7 Å². The highest BCUT2D eigenvalue weighted by molar-refractivity contribution is 6.06. The molecule has 8 N–H and O–H groups in total. The molecule has 320 valence electrons. The van der Waals surface area contributed by atoms with Crippen LogP contribution in [0.4, 0.5) is 49.1 Å². The Morgan fingerprint density at radius 1 is 0.516 bits per heavy atom. The van der Waals surface area contributed by atoms with Crippen molar-refractivity contribution < 1.29 is 56.4 Å². The lowest BCUT2D eigenvalue weighted by Gasteiger charge is -2.20. The summed E-state index contributed by atoms with van der Waals surface area (Å²) >= 11 is 0. The number of carbonyl (C=O) groups is 2. The number of nitrogens with zero attached hydrogens (tertiary/aromatic N) is 1. The summed E-state index contributed by atoms with van der Waals surface area (Å²) in [6, 6.07) is 40.0. The molecule has 0 heterocycles. The van der Waals surface area contributed by atoms with E-state index in [0.29, 0.717) is 37.9 Å². The van der Waals surface area contributed by atoms with E-state index in [2.05, 4.69) is 5.32 Å². The largest absolute Gasteiger partial charge is 0.508 e. The van der Waals surface area contributed by atoms with Crippen molar-refractivity contribution in [1.29, 1.82) is 0 Å². The van der Waals surface area contributed by atoms with Crippen molar-refractivity contribution in [3.8, 4) is 23.0 Å². The van der Waals surface area contributed by atoms with Gasteiger partial charge in [0, 0.05) is 52.7 Å². The van der Waals surface area contributed by atoms with Crippen LogP contribution in [0.5, 0.6) is 23.0 Å². The maximum atomic E-state index is 12.4. The quantitative estimate of drug-likeness (QED) is 0.0681. The van der Waals surface area contributed by atoms with Gasteiger partial charge in [-0.15, -0.1) is 0 Å². The summed E-state index contributed by atoms with van der Waals surface area (Å²) in [5.74, 6) is -3.61. The third kappa shape index (κ3) is 11.2. The summed E-state index contributed by atoms with van der Waals surface area (Å²) < 4.78 is 73.7. The van der Waals surface area contributed by atoms with Gasteiger partial charge >= 0.3 is 24.2 Å². The second-order valence-corrected chi connectivity index (χ2v) is 13.4. The van der Waals surface area contributed by atoms with Crippen molar-refractivity contribution in [2.75, 3.05) is 35.4 Å². The highest BCUT2D eigenvalue weighted by Gasteiger charge is 2.42. The van der Waals surface area contributed by atoms with Crippen LogP contribution in [-0.4, -0.2) is 58.7 Å². The molecule has 0 spiro atoms. The normalized spacial score (nSPS) is 11.0. The van der Waals surface area contributed by atoms with Crippen LogP contribution >= 0.6 is 0 Å². The van der Waals surface area contributed by atoms with Crippen molar-refractivity contribution in [2.24, 2.45) is 0 Å². The van der Waals surface area contributed by atoms with Crippen molar-refractivity contribution in [3.05, 3.63) is 146 Å². The van der Waals surface area contributed by atoms with Crippen LogP contribution in [0.3, 0.4) is 0 Å². The molecule has 8 aromatic rings. The van der Waals surface area contributed by atoms with Gasteiger partial charge in [-0.25, -0.2) is 0 Å². The molecule has 2 amide bonds. The Labute approximate surface area is 349 Å². The van der Waals surface area contributed by atoms with Gasteiger partial charge in [0.05, 0.1) is 5.69 Å². The molecule has 0 bridgehead atoms. The fraction of sp³-hybridized carbons (Fsp3) is 0.0870. The number of amides is 2. The number of benzene rings is 8. The van der Waals surface area contributed by atoms with E-state index in [1.807, 2.05) is 55.6 Å². The Morgan fingerprint density at radius 3 is 1.37 bits per heavy atom. The Morgan fingerprint density at radius 2 is 0.903 bits per heavy atom.